The molecule has 1 aliphatic rings. The molecule has 0 fully saturated rings. The van der Waals surface area contributed by atoms with Gasteiger partial charge in [0, 0.05) is 24.6 Å². The van der Waals surface area contributed by atoms with Crippen LogP contribution in [0.15, 0.2) is 85.2 Å². The van der Waals surface area contributed by atoms with E-state index in [0.29, 0.717) is 5.92 Å². The van der Waals surface area contributed by atoms with Crippen molar-refractivity contribution in [1.82, 2.24) is 9.55 Å². The summed E-state index contributed by atoms with van der Waals surface area (Å²) in [4.78, 5) is 16.4. The van der Waals surface area contributed by atoms with Crippen LogP contribution in [0.1, 0.15) is 43.2 Å². The number of nitrogens with zero attached hydrogens (tertiary/aromatic N) is 2. The molecule has 0 amide bonds. The van der Waals surface area contributed by atoms with Gasteiger partial charge in [0.1, 0.15) is 5.75 Å². The van der Waals surface area contributed by atoms with Crippen molar-refractivity contribution in [2.45, 2.75) is 45.1 Å². The Balaban J connectivity index is 1.45. The lowest BCUT2D eigenvalue weighted by Gasteiger charge is -2.27. The minimum atomic E-state index is -0.259. The van der Waals surface area contributed by atoms with Gasteiger partial charge in [0.2, 0.25) is 0 Å². The van der Waals surface area contributed by atoms with E-state index in [-0.39, 0.29) is 5.97 Å². The highest BCUT2D eigenvalue weighted by atomic mass is 16.5. The number of ether oxygens (including phenoxy) is 1. The van der Waals surface area contributed by atoms with Crippen LogP contribution in [-0.2, 0) is 17.8 Å². The number of hydrogen-bond donors (Lipinski definition) is 0. The molecule has 0 N–H and O–H groups in total. The average molecular weight is 437 g/mol. The molecule has 0 saturated carbocycles. The van der Waals surface area contributed by atoms with Gasteiger partial charge < -0.3 is 9.30 Å². The maximum absolute atomic E-state index is 11.6. The van der Waals surface area contributed by atoms with Gasteiger partial charge in [-0.15, -0.1) is 0 Å². The van der Waals surface area contributed by atoms with Gasteiger partial charge in [0.05, 0.1) is 17.7 Å². The number of rotatable bonds is 6. The minimum absolute atomic E-state index is 0.259. The van der Waals surface area contributed by atoms with Crippen LogP contribution >= 0.6 is 0 Å². The highest BCUT2D eigenvalue weighted by Crippen LogP contribution is 2.39. The Labute approximate surface area is 194 Å². The van der Waals surface area contributed by atoms with Crippen molar-refractivity contribution < 1.29 is 9.53 Å². The number of aromatic nitrogens is 2. The fourth-order valence-corrected chi connectivity index (χ4v) is 5.02. The van der Waals surface area contributed by atoms with Gasteiger partial charge >= 0.3 is 5.97 Å². The smallest absolute Gasteiger partial charge is 0.308 e. The zero-order valence-electron chi connectivity index (χ0n) is 18.9. The molecular weight excluding hydrogens is 408 g/mol. The van der Waals surface area contributed by atoms with E-state index >= 15 is 0 Å². The van der Waals surface area contributed by atoms with Crippen LogP contribution in [0.2, 0.25) is 0 Å². The predicted molar refractivity (Wildman–Crippen MR) is 131 cm³/mol. The van der Waals surface area contributed by atoms with E-state index in [1.54, 1.807) is 0 Å². The molecule has 0 aliphatic heterocycles. The quantitative estimate of drug-likeness (QED) is 0.251. The van der Waals surface area contributed by atoms with Gasteiger partial charge in [0.25, 0.3) is 0 Å². The lowest BCUT2D eigenvalue weighted by molar-refractivity contribution is -0.131. The van der Waals surface area contributed by atoms with E-state index in [0.717, 1.165) is 54.9 Å². The fraction of sp³-hybridized carbons (Fsp3) is 0.241. The average Bonchev–Trinajstić information content (AvgIpc) is 3.28. The van der Waals surface area contributed by atoms with Crippen LogP contribution in [-0.4, -0.2) is 15.5 Å². The first-order valence-corrected chi connectivity index (χ1v) is 11.7. The SMILES string of the molecule is CC(=O)Oc1cccc2c1CCCC2CCn1cnc(-c2ccccc2)c1-c1ccccc1. The summed E-state index contributed by atoms with van der Waals surface area (Å²) in [7, 11) is 0. The summed E-state index contributed by atoms with van der Waals surface area (Å²) in [6.45, 7) is 2.35. The summed E-state index contributed by atoms with van der Waals surface area (Å²) >= 11 is 0. The molecule has 1 aromatic heterocycles. The summed E-state index contributed by atoms with van der Waals surface area (Å²) in [5.41, 5.74) is 7.00. The second kappa shape index (κ2) is 9.45. The molecule has 166 valence electrons. The first-order chi connectivity index (χ1) is 16.2. The molecule has 1 unspecified atom stereocenters. The maximum Gasteiger partial charge on any atom is 0.308 e. The van der Waals surface area contributed by atoms with Gasteiger partial charge in [-0.3, -0.25) is 4.79 Å². The number of carbonyl (C=O) groups excluding carboxylic acids is 1. The van der Waals surface area contributed by atoms with E-state index in [1.807, 2.05) is 30.6 Å². The lowest BCUT2D eigenvalue weighted by atomic mass is 9.80. The van der Waals surface area contributed by atoms with Crippen LogP contribution in [0.25, 0.3) is 22.5 Å². The van der Waals surface area contributed by atoms with Crippen molar-refractivity contribution in [2.24, 2.45) is 0 Å². The highest BCUT2D eigenvalue weighted by molar-refractivity contribution is 5.78. The third-order valence-corrected chi connectivity index (χ3v) is 6.49. The second-order valence-corrected chi connectivity index (χ2v) is 8.66. The molecule has 5 rings (SSSR count). The zero-order chi connectivity index (χ0) is 22.6. The summed E-state index contributed by atoms with van der Waals surface area (Å²) in [6, 6.07) is 27.0. The summed E-state index contributed by atoms with van der Waals surface area (Å²) in [5, 5.41) is 0. The Morgan fingerprint density at radius 3 is 2.42 bits per heavy atom. The Hall–Kier alpha value is -3.66. The number of fused-ring (bicyclic) bond motifs is 1. The van der Waals surface area contributed by atoms with E-state index in [2.05, 4.69) is 59.2 Å². The van der Waals surface area contributed by atoms with Crippen molar-refractivity contribution in [3.8, 4) is 28.3 Å². The third-order valence-electron chi connectivity index (χ3n) is 6.49. The minimum Gasteiger partial charge on any atom is -0.426 e. The fourth-order valence-electron chi connectivity index (χ4n) is 5.02. The first kappa shape index (κ1) is 21.2. The summed E-state index contributed by atoms with van der Waals surface area (Å²) in [5.74, 6) is 0.906. The van der Waals surface area contributed by atoms with Gasteiger partial charge in [-0.25, -0.2) is 4.98 Å². The van der Waals surface area contributed by atoms with Crippen molar-refractivity contribution in [3.05, 3.63) is 96.3 Å². The topological polar surface area (TPSA) is 44.1 Å². The van der Waals surface area contributed by atoms with Crippen molar-refractivity contribution >= 4 is 5.97 Å². The molecule has 0 bridgehead atoms. The molecule has 33 heavy (non-hydrogen) atoms. The van der Waals surface area contributed by atoms with Crippen LogP contribution < -0.4 is 4.74 Å². The molecule has 1 aliphatic carbocycles. The first-order valence-electron chi connectivity index (χ1n) is 11.7. The highest BCUT2D eigenvalue weighted by Gasteiger charge is 2.24. The Morgan fingerprint density at radius 2 is 1.70 bits per heavy atom. The van der Waals surface area contributed by atoms with Crippen molar-refractivity contribution in [1.29, 1.82) is 0 Å². The predicted octanol–water partition coefficient (Wildman–Crippen LogP) is 6.65. The van der Waals surface area contributed by atoms with Gasteiger partial charge in [-0.05, 0) is 48.8 Å². The van der Waals surface area contributed by atoms with Crippen molar-refractivity contribution in [2.75, 3.05) is 0 Å². The van der Waals surface area contributed by atoms with E-state index in [9.17, 15) is 4.79 Å². The molecule has 0 radical (unpaired) electrons. The molecular formula is C29H28N2O2. The standard InChI is InChI=1S/C29H28N2O2/c1-21(32)33-27-17-9-15-25-22(14-8-16-26(25)27)18-19-31-20-30-28(23-10-4-2-5-11-23)29(31)24-12-6-3-7-13-24/h2-7,9-13,15,17,20,22H,8,14,16,18-19H2,1H3. The molecule has 1 atom stereocenters. The van der Waals surface area contributed by atoms with Crippen LogP contribution in [0.4, 0.5) is 0 Å². The number of benzene rings is 3. The third kappa shape index (κ3) is 4.47. The Morgan fingerprint density at radius 1 is 0.970 bits per heavy atom. The second-order valence-electron chi connectivity index (χ2n) is 8.66. The van der Waals surface area contributed by atoms with Gasteiger partial charge in [-0.1, -0.05) is 72.8 Å². The molecule has 3 aromatic carbocycles. The molecule has 1 heterocycles. The molecule has 0 saturated heterocycles. The number of esters is 1. The molecule has 4 nitrogen and oxygen atoms in total. The monoisotopic (exact) mass is 436 g/mol. The Bertz CT molecular complexity index is 1250. The number of hydrogen-bond acceptors (Lipinski definition) is 3. The Kier molecular flexibility index (Phi) is 6.07. The number of carbonyl (C=O) groups is 1. The molecule has 0 spiro atoms. The molecule has 4 heteroatoms. The maximum atomic E-state index is 11.6. The lowest BCUT2D eigenvalue weighted by Crippen LogP contribution is -2.15. The van der Waals surface area contributed by atoms with Crippen LogP contribution in [0.3, 0.4) is 0 Å². The van der Waals surface area contributed by atoms with E-state index < -0.39 is 0 Å². The number of imidazole rings is 1. The molecule has 4 aromatic rings. The van der Waals surface area contributed by atoms with E-state index in [1.165, 1.54) is 23.6 Å². The normalized spacial score (nSPS) is 15.1. The van der Waals surface area contributed by atoms with Crippen LogP contribution in [0.5, 0.6) is 5.75 Å². The van der Waals surface area contributed by atoms with Gasteiger partial charge in [0.15, 0.2) is 0 Å². The largest absolute Gasteiger partial charge is 0.426 e. The summed E-state index contributed by atoms with van der Waals surface area (Å²) in [6.07, 6.45) is 6.22. The number of aryl methyl sites for hydroxylation is 1. The van der Waals surface area contributed by atoms with E-state index in [4.69, 9.17) is 9.72 Å². The van der Waals surface area contributed by atoms with Gasteiger partial charge in [-0.2, -0.15) is 0 Å². The van der Waals surface area contributed by atoms with Crippen LogP contribution in [0, 0.1) is 0 Å². The van der Waals surface area contributed by atoms with Crippen molar-refractivity contribution in [3.63, 3.8) is 0 Å². The zero-order valence-corrected chi connectivity index (χ0v) is 18.9. The summed E-state index contributed by atoms with van der Waals surface area (Å²) < 4.78 is 7.79.